The van der Waals surface area contributed by atoms with Crippen LogP contribution in [-0.4, -0.2) is 25.8 Å². The average Bonchev–Trinajstić information content (AvgIpc) is 3.32. The van der Waals surface area contributed by atoms with E-state index in [1.54, 1.807) is 20.8 Å². The van der Waals surface area contributed by atoms with E-state index in [-0.39, 0.29) is 11.6 Å². The number of oxazole rings is 1. The second-order valence-corrected chi connectivity index (χ2v) is 9.64. The molecule has 166 valence electrons. The number of aliphatic hydroxyl groups is 1. The maximum absolute atomic E-state index is 12.6. The van der Waals surface area contributed by atoms with Gasteiger partial charge in [-0.1, -0.05) is 13.8 Å². The first kappa shape index (κ1) is 21.6. The number of hydrogen-bond donors (Lipinski definition) is 2. The molecule has 4 rings (SSSR count). The molecule has 0 radical (unpaired) electrons. The number of benzene rings is 1. The topological polar surface area (TPSA) is 93.2 Å². The quantitative estimate of drug-likeness (QED) is 0.587. The number of anilines is 1. The van der Waals surface area contributed by atoms with Gasteiger partial charge < -0.3 is 14.8 Å². The van der Waals surface area contributed by atoms with Crippen molar-refractivity contribution < 1.29 is 14.3 Å². The Morgan fingerprint density at radius 3 is 2.55 bits per heavy atom. The second-order valence-electron chi connectivity index (χ2n) is 9.64. The summed E-state index contributed by atoms with van der Waals surface area (Å²) in [4.78, 5) is 16.7. The highest BCUT2D eigenvalue weighted by molar-refractivity contribution is 6.04. The summed E-state index contributed by atoms with van der Waals surface area (Å²) in [6.45, 7) is 9.71. The normalized spacial score (nSPS) is 19.8. The van der Waals surface area contributed by atoms with Gasteiger partial charge in [-0.25, -0.2) is 4.98 Å². The van der Waals surface area contributed by atoms with Gasteiger partial charge in [0.2, 0.25) is 0 Å². The largest absolute Gasteiger partial charge is 0.448 e. The lowest BCUT2D eigenvalue weighted by atomic mass is 9.80. The first-order valence-corrected chi connectivity index (χ1v) is 11.1. The molecule has 0 saturated heterocycles. The van der Waals surface area contributed by atoms with Crippen molar-refractivity contribution in [2.24, 2.45) is 11.8 Å². The van der Waals surface area contributed by atoms with Gasteiger partial charge in [-0.2, -0.15) is 5.10 Å². The van der Waals surface area contributed by atoms with Crippen molar-refractivity contribution in [1.82, 2.24) is 14.8 Å². The summed E-state index contributed by atoms with van der Waals surface area (Å²) in [5.74, 6) is 1.58. The molecule has 7 heteroatoms. The fourth-order valence-electron chi connectivity index (χ4n) is 4.57. The Morgan fingerprint density at radius 1 is 1.26 bits per heavy atom. The molecule has 3 aromatic rings. The van der Waals surface area contributed by atoms with E-state index < -0.39 is 5.60 Å². The van der Waals surface area contributed by atoms with Crippen LogP contribution < -0.4 is 5.32 Å². The van der Waals surface area contributed by atoms with Crippen molar-refractivity contribution in [1.29, 1.82) is 0 Å². The number of nitrogens with zero attached hydrogens (tertiary/aromatic N) is 3. The average molecular weight is 425 g/mol. The number of aryl methyl sites for hydroxylation is 1. The summed E-state index contributed by atoms with van der Waals surface area (Å²) >= 11 is 0. The molecule has 0 unspecified atom stereocenters. The van der Waals surface area contributed by atoms with Crippen LogP contribution in [-0.2, 0) is 5.60 Å². The van der Waals surface area contributed by atoms with Gasteiger partial charge in [0.25, 0.3) is 5.91 Å². The van der Waals surface area contributed by atoms with E-state index in [2.05, 4.69) is 35.0 Å². The monoisotopic (exact) mass is 424 g/mol. The van der Waals surface area contributed by atoms with Gasteiger partial charge in [0.1, 0.15) is 6.26 Å². The van der Waals surface area contributed by atoms with E-state index in [9.17, 15) is 9.90 Å². The van der Waals surface area contributed by atoms with E-state index in [0.29, 0.717) is 23.2 Å². The van der Waals surface area contributed by atoms with Crippen molar-refractivity contribution in [3.8, 4) is 0 Å². The fraction of sp³-hybridized carbons (Fsp3) is 0.542. The molecule has 7 nitrogen and oxygen atoms in total. The van der Waals surface area contributed by atoms with E-state index in [1.165, 1.54) is 19.1 Å². The van der Waals surface area contributed by atoms with Crippen LogP contribution in [0.4, 0.5) is 5.69 Å². The van der Waals surface area contributed by atoms with Crippen LogP contribution in [0.25, 0.3) is 10.9 Å². The third-order valence-electron chi connectivity index (χ3n) is 6.48. The lowest BCUT2D eigenvalue weighted by Gasteiger charge is -2.30. The van der Waals surface area contributed by atoms with Gasteiger partial charge in [0, 0.05) is 29.8 Å². The molecule has 0 aliphatic heterocycles. The van der Waals surface area contributed by atoms with Crippen LogP contribution >= 0.6 is 0 Å². The van der Waals surface area contributed by atoms with Gasteiger partial charge in [-0.15, -0.1) is 0 Å². The van der Waals surface area contributed by atoms with Crippen LogP contribution in [0.3, 0.4) is 0 Å². The van der Waals surface area contributed by atoms with Gasteiger partial charge in [-0.3, -0.25) is 9.48 Å². The van der Waals surface area contributed by atoms with Gasteiger partial charge in [0.05, 0.1) is 17.2 Å². The zero-order chi connectivity index (χ0) is 22.3. The predicted molar refractivity (Wildman–Crippen MR) is 120 cm³/mol. The molecule has 2 aromatic heterocycles. The highest BCUT2D eigenvalue weighted by Crippen LogP contribution is 2.37. The SMILES string of the molecule is Cc1nc(C(=O)Nc2cc3cn(C4CCC(C(C)C)CC4)nc3cc2C(C)(C)O)co1. The summed E-state index contributed by atoms with van der Waals surface area (Å²) in [6.07, 6.45) is 8.10. The Bertz CT molecular complexity index is 1080. The van der Waals surface area contributed by atoms with E-state index >= 15 is 0 Å². The lowest BCUT2D eigenvalue weighted by molar-refractivity contribution is 0.0793. The number of amides is 1. The minimum Gasteiger partial charge on any atom is -0.448 e. The molecule has 1 fully saturated rings. The third kappa shape index (κ3) is 4.51. The molecule has 0 bridgehead atoms. The summed E-state index contributed by atoms with van der Waals surface area (Å²) in [5, 5.41) is 19.4. The maximum atomic E-state index is 12.6. The Balaban J connectivity index is 1.64. The molecule has 1 amide bonds. The van der Waals surface area contributed by atoms with E-state index in [1.807, 2.05) is 12.1 Å². The van der Waals surface area contributed by atoms with Crippen LogP contribution in [0.15, 0.2) is 29.0 Å². The van der Waals surface area contributed by atoms with Crippen LogP contribution in [0, 0.1) is 18.8 Å². The number of nitrogens with one attached hydrogen (secondary N) is 1. The van der Waals surface area contributed by atoms with Crippen LogP contribution in [0.5, 0.6) is 0 Å². The Labute approximate surface area is 182 Å². The molecule has 1 aromatic carbocycles. The van der Waals surface area contributed by atoms with Crippen LogP contribution in [0.1, 0.15) is 81.4 Å². The van der Waals surface area contributed by atoms with Gasteiger partial charge in [-0.05, 0) is 63.5 Å². The zero-order valence-electron chi connectivity index (χ0n) is 19.0. The van der Waals surface area contributed by atoms with Crippen molar-refractivity contribution in [3.63, 3.8) is 0 Å². The minimum atomic E-state index is -1.14. The molecule has 0 atom stereocenters. The van der Waals surface area contributed by atoms with Gasteiger partial charge >= 0.3 is 0 Å². The minimum absolute atomic E-state index is 0.205. The summed E-state index contributed by atoms with van der Waals surface area (Å²) in [7, 11) is 0. The van der Waals surface area contributed by atoms with Crippen molar-refractivity contribution in [2.75, 3.05) is 5.32 Å². The number of fused-ring (bicyclic) bond motifs is 1. The molecular formula is C24H32N4O3. The van der Waals surface area contributed by atoms with E-state index in [4.69, 9.17) is 9.52 Å². The third-order valence-corrected chi connectivity index (χ3v) is 6.48. The number of aromatic nitrogens is 3. The van der Waals surface area contributed by atoms with E-state index in [0.717, 1.165) is 35.6 Å². The maximum Gasteiger partial charge on any atom is 0.277 e. The Hall–Kier alpha value is -2.67. The second kappa shape index (κ2) is 8.11. The Kier molecular flexibility index (Phi) is 5.64. The molecule has 2 heterocycles. The smallest absolute Gasteiger partial charge is 0.277 e. The molecule has 2 N–H and O–H groups in total. The molecule has 1 saturated carbocycles. The van der Waals surface area contributed by atoms with Crippen molar-refractivity contribution in [2.45, 2.75) is 71.9 Å². The van der Waals surface area contributed by atoms with Gasteiger partial charge in [0.15, 0.2) is 11.6 Å². The van der Waals surface area contributed by atoms with Crippen LogP contribution in [0.2, 0.25) is 0 Å². The number of rotatable bonds is 5. The standard InChI is InChI=1S/C24H32N4O3/c1-14(2)16-6-8-18(9-7-16)28-12-17-10-21(19(24(4,5)30)11-20(17)27-28)26-23(29)22-13-31-15(3)25-22/h10-14,16,18,30H,6-9H2,1-5H3,(H,26,29). The molecule has 0 spiro atoms. The number of carbonyl (C=O) groups is 1. The lowest BCUT2D eigenvalue weighted by Crippen LogP contribution is -2.21. The highest BCUT2D eigenvalue weighted by atomic mass is 16.3. The fourth-order valence-corrected chi connectivity index (χ4v) is 4.57. The zero-order valence-corrected chi connectivity index (χ0v) is 19.0. The molecule has 1 aliphatic rings. The number of carbonyl (C=O) groups excluding carboxylic acids is 1. The number of hydrogen-bond acceptors (Lipinski definition) is 5. The first-order chi connectivity index (χ1) is 14.6. The molecular weight excluding hydrogens is 392 g/mol. The molecule has 31 heavy (non-hydrogen) atoms. The Morgan fingerprint density at radius 2 is 1.97 bits per heavy atom. The summed E-state index contributed by atoms with van der Waals surface area (Å²) < 4.78 is 7.22. The summed E-state index contributed by atoms with van der Waals surface area (Å²) in [5.41, 5.74) is 1.04. The predicted octanol–water partition coefficient (Wildman–Crippen LogP) is 5.20. The highest BCUT2D eigenvalue weighted by Gasteiger charge is 2.27. The summed E-state index contributed by atoms with van der Waals surface area (Å²) in [6, 6.07) is 4.15. The first-order valence-electron chi connectivity index (χ1n) is 11.1. The van der Waals surface area contributed by atoms with Crippen molar-refractivity contribution >= 4 is 22.5 Å². The molecule has 1 aliphatic carbocycles. The van der Waals surface area contributed by atoms with Crippen molar-refractivity contribution in [3.05, 3.63) is 41.7 Å².